The molecule has 3 aromatic rings. The molecule has 0 spiro atoms. The van der Waals surface area contributed by atoms with Crippen molar-refractivity contribution in [2.75, 3.05) is 31.5 Å². The molecule has 0 bridgehead atoms. The molecule has 1 unspecified atom stereocenters. The van der Waals surface area contributed by atoms with Crippen LogP contribution in [0.4, 0.5) is 14.9 Å². The van der Waals surface area contributed by atoms with Gasteiger partial charge in [0.2, 0.25) is 11.8 Å². The van der Waals surface area contributed by atoms with Gasteiger partial charge in [-0.3, -0.25) is 9.59 Å². The highest BCUT2D eigenvalue weighted by atomic mass is 19.1. The molecule has 2 aromatic carbocycles. The fraction of sp³-hybridized carbons (Fsp3) is 0.448. The number of rotatable bonds is 6. The summed E-state index contributed by atoms with van der Waals surface area (Å²) in [6.07, 6.45) is 3.10. The largest absolute Gasteiger partial charge is 0.342 e. The van der Waals surface area contributed by atoms with Gasteiger partial charge in [0.25, 0.3) is 0 Å². The number of amides is 4. The SMILES string of the molecule is CC(=O)N1CCC(NC(=O)Nc2cccc(-c3nnnn3C)c2)[C@@H](C(=O)N2CCC[C@H](Cc3ccc(F)cc3)C2)C1. The van der Waals surface area contributed by atoms with Gasteiger partial charge in [-0.15, -0.1) is 5.10 Å². The molecule has 2 aliphatic heterocycles. The Labute approximate surface area is 238 Å². The average molecular weight is 563 g/mol. The van der Waals surface area contributed by atoms with E-state index in [1.807, 2.05) is 11.0 Å². The minimum atomic E-state index is -0.556. The minimum absolute atomic E-state index is 0.0539. The van der Waals surface area contributed by atoms with E-state index in [4.69, 9.17) is 0 Å². The number of aromatic nitrogens is 4. The van der Waals surface area contributed by atoms with Crippen LogP contribution < -0.4 is 10.6 Å². The van der Waals surface area contributed by atoms with Gasteiger partial charge in [0.05, 0.1) is 5.92 Å². The van der Waals surface area contributed by atoms with E-state index in [0.29, 0.717) is 37.6 Å². The zero-order chi connectivity index (χ0) is 28.9. The molecule has 4 amide bonds. The Balaban J connectivity index is 1.25. The first-order chi connectivity index (χ1) is 19.8. The highest BCUT2D eigenvalue weighted by molar-refractivity contribution is 5.91. The number of aryl methyl sites for hydroxylation is 1. The van der Waals surface area contributed by atoms with Crippen LogP contribution in [0.5, 0.6) is 0 Å². The Kier molecular flexibility index (Phi) is 8.55. The van der Waals surface area contributed by atoms with Crippen LogP contribution in [-0.4, -0.2) is 80.1 Å². The van der Waals surface area contributed by atoms with Crippen LogP contribution in [0.25, 0.3) is 11.4 Å². The summed E-state index contributed by atoms with van der Waals surface area (Å²) in [6.45, 7) is 3.45. The Bertz CT molecular complexity index is 1390. The number of carbonyl (C=O) groups excluding carboxylic acids is 3. The van der Waals surface area contributed by atoms with Crippen LogP contribution in [-0.2, 0) is 23.1 Å². The van der Waals surface area contributed by atoms with E-state index in [2.05, 4.69) is 26.2 Å². The maximum absolute atomic E-state index is 13.9. The summed E-state index contributed by atoms with van der Waals surface area (Å²) in [6, 6.07) is 12.9. The van der Waals surface area contributed by atoms with Crippen molar-refractivity contribution in [3.63, 3.8) is 0 Å². The minimum Gasteiger partial charge on any atom is -0.342 e. The number of nitrogens with zero attached hydrogens (tertiary/aromatic N) is 6. The molecule has 3 atom stereocenters. The quantitative estimate of drug-likeness (QED) is 0.476. The second-order valence-corrected chi connectivity index (χ2v) is 10.9. The molecule has 2 fully saturated rings. The second kappa shape index (κ2) is 12.4. The van der Waals surface area contributed by atoms with Gasteiger partial charge in [0.15, 0.2) is 5.82 Å². The molecule has 1 aromatic heterocycles. The molecule has 216 valence electrons. The Morgan fingerprint density at radius 1 is 1.02 bits per heavy atom. The standard InChI is InChI=1S/C29H35FN8O3/c1-19(39)37-14-12-26(32-29(41)31-24-7-3-6-22(16-24)27-33-34-35-36(27)2)25(18-37)28(40)38-13-4-5-21(17-38)15-20-8-10-23(30)11-9-20/h3,6-11,16,21,25-26H,4-5,12-15,17-18H2,1-2H3,(H2,31,32,41)/t21-,25+,26?/m1/s1. The number of likely N-dealkylation sites (tertiary alicyclic amines) is 2. The summed E-state index contributed by atoms with van der Waals surface area (Å²) in [5, 5.41) is 17.4. The molecular weight excluding hydrogens is 527 g/mol. The first-order valence-electron chi connectivity index (χ1n) is 14.0. The smallest absolute Gasteiger partial charge is 0.319 e. The predicted molar refractivity (Wildman–Crippen MR) is 150 cm³/mol. The lowest BCUT2D eigenvalue weighted by molar-refractivity contribution is -0.142. The predicted octanol–water partition coefficient (Wildman–Crippen LogP) is 2.86. The van der Waals surface area contributed by atoms with Crippen molar-refractivity contribution in [2.45, 2.75) is 38.6 Å². The van der Waals surface area contributed by atoms with Gasteiger partial charge in [-0.1, -0.05) is 24.3 Å². The first kappa shape index (κ1) is 28.2. The molecule has 0 saturated carbocycles. The number of halogens is 1. The Morgan fingerprint density at radius 2 is 1.83 bits per heavy atom. The van der Waals surface area contributed by atoms with Crippen molar-refractivity contribution in [1.29, 1.82) is 0 Å². The topological polar surface area (TPSA) is 125 Å². The van der Waals surface area contributed by atoms with Crippen molar-refractivity contribution in [3.8, 4) is 11.4 Å². The summed E-state index contributed by atoms with van der Waals surface area (Å²) in [5.74, 6) is -0.138. The molecule has 3 heterocycles. The van der Waals surface area contributed by atoms with Crippen LogP contribution >= 0.6 is 0 Å². The van der Waals surface area contributed by atoms with Gasteiger partial charge in [0.1, 0.15) is 5.82 Å². The lowest BCUT2D eigenvalue weighted by Gasteiger charge is -2.41. The van der Waals surface area contributed by atoms with Crippen LogP contribution in [0, 0.1) is 17.7 Å². The number of carbonyl (C=O) groups is 3. The zero-order valence-electron chi connectivity index (χ0n) is 23.3. The molecule has 5 rings (SSSR count). The third kappa shape index (κ3) is 6.87. The molecule has 11 nitrogen and oxygen atoms in total. The number of benzene rings is 2. The number of piperidine rings is 2. The number of anilines is 1. The van der Waals surface area contributed by atoms with E-state index in [9.17, 15) is 18.8 Å². The molecule has 12 heteroatoms. The van der Waals surface area contributed by atoms with E-state index in [1.54, 1.807) is 47.0 Å². The van der Waals surface area contributed by atoms with E-state index in [0.717, 1.165) is 30.4 Å². The van der Waals surface area contributed by atoms with Gasteiger partial charge < -0.3 is 20.4 Å². The summed E-state index contributed by atoms with van der Waals surface area (Å²) < 4.78 is 14.9. The third-order valence-electron chi connectivity index (χ3n) is 7.96. The molecular formula is C29H35FN8O3. The van der Waals surface area contributed by atoms with Gasteiger partial charge in [0, 0.05) is 57.4 Å². The highest BCUT2D eigenvalue weighted by Gasteiger charge is 2.39. The van der Waals surface area contributed by atoms with Crippen LogP contribution in [0.3, 0.4) is 0 Å². The van der Waals surface area contributed by atoms with E-state index < -0.39 is 18.0 Å². The maximum atomic E-state index is 13.9. The zero-order valence-corrected chi connectivity index (χ0v) is 23.3. The van der Waals surface area contributed by atoms with Crippen LogP contribution in [0.15, 0.2) is 48.5 Å². The lowest BCUT2D eigenvalue weighted by Crippen LogP contribution is -2.58. The van der Waals surface area contributed by atoms with Crippen molar-refractivity contribution < 1.29 is 18.8 Å². The van der Waals surface area contributed by atoms with Crippen molar-refractivity contribution in [2.24, 2.45) is 18.9 Å². The van der Waals surface area contributed by atoms with E-state index in [-0.39, 0.29) is 30.1 Å². The molecule has 0 radical (unpaired) electrons. The van der Waals surface area contributed by atoms with E-state index in [1.165, 1.54) is 19.1 Å². The van der Waals surface area contributed by atoms with Gasteiger partial charge in [-0.25, -0.2) is 13.9 Å². The third-order valence-corrected chi connectivity index (χ3v) is 7.96. The second-order valence-electron chi connectivity index (χ2n) is 10.9. The number of hydrogen-bond donors (Lipinski definition) is 2. The van der Waals surface area contributed by atoms with Crippen molar-refractivity contribution in [1.82, 2.24) is 35.3 Å². The summed E-state index contributed by atoms with van der Waals surface area (Å²) in [5.41, 5.74) is 2.35. The molecule has 41 heavy (non-hydrogen) atoms. The fourth-order valence-corrected chi connectivity index (χ4v) is 5.83. The van der Waals surface area contributed by atoms with E-state index >= 15 is 0 Å². The van der Waals surface area contributed by atoms with Crippen LogP contribution in [0.2, 0.25) is 0 Å². The first-order valence-corrected chi connectivity index (χ1v) is 14.0. The van der Waals surface area contributed by atoms with Gasteiger partial charge >= 0.3 is 6.03 Å². The Morgan fingerprint density at radius 3 is 2.56 bits per heavy atom. The Hall–Kier alpha value is -4.35. The number of hydrogen-bond acceptors (Lipinski definition) is 6. The summed E-state index contributed by atoms with van der Waals surface area (Å²) >= 11 is 0. The normalized spacial score (nSPS) is 20.9. The molecule has 2 aliphatic rings. The monoisotopic (exact) mass is 562 g/mol. The number of nitrogens with one attached hydrogen (secondary N) is 2. The number of tetrazole rings is 1. The maximum Gasteiger partial charge on any atom is 0.319 e. The van der Waals surface area contributed by atoms with Gasteiger partial charge in [-0.2, -0.15) is 0 Å². The lowest BCUT2D eigenvalue weighted by atomic mass is 9.87. The summed E-state index contributed by atoms with van der Waals surface area (Å²) in [7, 11) is 1.74. The molecule has 0 aliphatic carbocycles. The highest BCUT2D eigenvalue weighted by Crippen LogP contribution is 2.26. The summed E-state index contributed by atoms with van der Waals surface area (Å²) in [4.78, 5) is 42.7. The number of urea groups is 1. The van der Waals surface area contributed by atoms with Crippen LogP contribution in [0.1, 0.15) is 31.7 Å². The fourth-order valence-electron chi connectivity index (χ4n) is 5.83. The molecule has 2 saturated heterocycles. The average Bonchev–Trinajstić information content (AvgIpc) is 3.40. The van der Waals surface area contributed by atoms with Crippen molar-refractivity contribution in [3.05, 3.63) is 59.9 Å². The molecule has 2 N–H and O–H groups in total. The van der Waals surface area contributed by atoms with Gasteiger partial charge in [-0.05, 0) is 71.9 Å². The van der Waals surface area contributed by atoms with Crippen molar-refractivity contribution >= 4 is 23.5 Å².